The van der Waals surface area contributed by atoms with Gasteiger partial charge < -0.3 is 5.11 Å². The predicted molar refractivity (Wildman–Crippen MR) is 101 cm³/mol. The van der Waals surface area contributed by atoms with Crippen molar-refractivity contribution >= 4 is 37.5 Å². The second kappa shape index (κ2) is 7.95. The number of carboxylic acids is 1. The highest BCUT2D eigenvalue weighted by atomic mass is 79.9. The largest absolute Gasteiger partial charge is 0.478 e. The number of nitrogens with one attached hydrogen (secondary N) is 1. The average Bonchev–Trinajstić information content (AvgIpc) is 2.55. The SMILES string of the molecule is CC(=C(CNS(=O)(=O)c1ccc(C)cc1)C(=O)O)c1ccc(Br)cc1. The molecule has 0 aliphatic carbocycles. The molecule has 0 saturated heterocycles. The van der Waals surface area contributed by atoms with Crippen molar-refractivity contribution in [3.63, 3.8) is 0 Å². The van der Waals surface area contributed by atoms with Crippen LogP contribution in [0.4, 0.5) is 0 Å². The second-order valence-electron chi connectivity index (χ2n) is 5.55. The molecule has 0 amide bonds. The van der Waals surface area contributed by atoms with Crippen molar-refractivity contribution in [2.45, 2.75) is 18.7 Å². The topological polar surface area (TPSA) is 83.5 Å². The number of aliphatic carboxylic acids is 1. The summed E-state index contributed by atoms with van der Waals surface area (Å²) in [4.78, 5) is 11.7. The van der Waals surface area contributed by atoms with Crippen LogP contribution in [-0.4, -0.2) is 26.0 Å². The minimum Gasteiger partial charge on any atom is -0.478 e. The van der Waals surface area contributed by atoms with Gasteiger partial charge in [0.1, 0.15) is 0 Å². The average molecular weight is 424 g/mol. The highest BCUT2D eigenvalue weighted by Gasteiger charge is 2.18. The van der Waals surface area contributed by atoms with Gasteiger partial charge in [0, 0.05) is 11.0 Å². The van der Waals surface area contributed by atoms with Crippen LogP contribution in [0.5, 0.6) is 0 Å². The molecule has 0 fully saturated rings. The van der Waals surface area contributed by atoms with Crippen LogP contribution in [0.2, 0.25) is 0 Å². The first kappa shape index (κ1) is 19.4. The Bertz CT molecular complexity index is 901. The van der Waals surface area contributed by atoms with E-state index in [1.165, 1.54) is 12.1 Å². The summed E-state index contributed by atoms with van der Waals surface area (Å²) >= 11 is 3.32. The van der Waals surface area contributed by atoms with E-state index in [2.05, 4.69) is 20.7 Å². The second-order valence-corrected chi connectivity index (χ2v) is 8.24. The third kappa shape index (κ3) is 5.01. The van der Waals surface area contributed by atoms with E-state index in [1.54, 1.807) is 43.3 Å². The molecule has 0 bridgehead atoms. The van der Waals surface area contributed by atoms with Crippen LogP contribution in [0.15, 0.2) is 63.5 Å². The van der Waals surface area contributed by atoms with Crippen molar-refractivity contribution in [2.24, 2.45) is 0 Å². The number of rotatable bonds is 6. The lowest BCUT2D eigenvalue weighted by molar-refractivity contribution is -0.132. The fraction of sp³-hybridized carbons (Fsp3) is 0.167. The number of sulfonamides is 1. The minimum absolute atomic E-state index is 0.00184. The van der Waals surface area contributed by atoms with Gasteiger partial charge in [-0.25, -0.2) is 17.9 Å². The molecule has 2 aromatic carbocycles. The molecule has 0 aliphatic rings. The Morgan fingerprint density at radius 1 is 1.08 bits per heavy atom. The van der Waals surface area contributed by atoms with E-state index in [-0.39, 0.29) is 17.0 Å². The van der Waals surface area contributed by atoms with Crippen LogP contribution < -0.4 is 4.72 Å². The fourth-order valence-corrected chi connectivity index (χ4v) is 3.47. The third-order valence-corrected chi connectivity index (χ3v) is 5.70. The molecular weight excluding hydrogens is 406 g/mol. The predicted octanol–water partition coefficient (Wildman–Crippen LogP) is 3.59. The summed E-state index contributed by atoms with van der Waals surface area (Å²) in [5.74, 6) is -1.16. The molecule has 0 saturated carbocycles. The van der Waals surface area contributed by atoms with Crippen molar-refractivity contribution in [3.8, 4) is 0 Å². The summed E-state index contributed by atoms with van der Waals surface area (Å²) in [7, 11) is -3.78. The van der Waals surface area contributed by atoms with Gasteiger partial charge in [-0.1, -0.05) is 45.8 Å². The highest BCUT2D eigenvalue weighted by molar-refractivity contribution is 9.10. The molecular formula is C18H18BrNO4S. The van der Waals surface area contributed by atoms with Gasteiger partial charge in [0.25, 0.3) is 0 Å². The van der Waals surface area contributed by atoms with Gasteiger partial charge in [-0.15, -0.1) is 0 Å². The van der Waals surface area contributed by atoms with Crippen LogP contribution in [0.3, 0.4) is 0 Å². The normalized spacial score (nSPS) is 12.6. The van der Waals surface area contributed by atoms with Crippen molar-refractivity contribution in [1.29, 1.82) is 0 Å². The maximum atomic E-state index is 12.3. The molecule has 0 spiro atoms. The van der Waals surface area contributed by atoms with Crippen LogP contribution in [-0.2, 0) is 14.8 Å². The third-order valence-electron chi connectivity index (χ3n) is 3.76. The van der Waals surface area contributed by atoms with Crippen molar-refractivity contribution in [1.82, 2.24) is 4.72 Å². The lowest BCUT2D eigenvalue weighted by atomic mass is 10.0. The van der Waals surface area contributed by atoms with E-state index in [0.29, 0.717) is 5.57 Å². The molecule has 5 nitrogen and oxygen atoms in total. The van der Waals surface area contributed by atoms with E-state index in [9.17, 15) is 18.3 Å². The molecule has 7 heteroatoms. The number of hydrogen-bond acceptors (Lipinski definition) is 3. The van der Waals surface area contributed by atoms with E-state index < -0.39 is 16.0 Å². The van der Waals surface area contributed by atoms with Crippen LogP contribution in [0.25, 0.3) is 5.57 Å². The Balaban J connectivity index is 2.27. The van der Waals surface area contributed by atoms with Crippen molar-refractivity contribution in [2.75, 3.05) is 6.54 Å². The van der Waals surface area contributed by atoms with Crippen molar-refractivity contribution < 1.29 is 18.3 Å². The maximum absolute atomic E-state index is 12.3. The van der Waals surface area contributed by atoms with Gasteiger partial charge in [0.2, 0.25) is 10.0 Å². The molecule has 0 radical (unpaired) electrons. The molecule has 0 aliphatic heterocycles. The first-order chi connectivity index (χ1) is 11.7. The van der Waals surface area contributed by atoms with Gasteiger partial charge in [-0.3, -0.25) is 0 Å². The standard InChI is InChI=1S/C18H18BrNO4S/c1-12-3-9-16(10-4-12)25(23,24)20-11-17(18(21)22)13(2)14-5-7-15(19)8-6-14/h3-10,20H,11H2,1-2H3,(H,21,22). The number of hydrogen-bond donors (Lipinski definition) is 2. The lowest BCUT2D eigenvalue weighted by Gasteiger charge is -2.11. The Hall–Kier alpha value is -1.96. The molecule has 2 rings (SSSR count). The van der Waals surface area contributed by atoms with Crippen LogP contribution >= 0.6 is 15.9 Å². The van der Waals surface area contributed by atoms with Crippen molar-refractivity contribution in [3.05, 3.63) is 69.7 Å². The lowest BCUT2D eigenvalue weighted by Crippen LogP contribution is -2.28. The number of halogens is 1. The summed E-state index contributed by atoms with van der Waals surface area (Å²) < 4.78 is 27.9. The maximum Gasteiger partial charge on any atom is 0.333 e. The Morgan fingerprint density at radius 2 is 1.64 bits per heavy atom. The summed E-state index contributed by atoms with van der Waals surface area (Å²) in [5.41, 5.74) is 2.16. The van der Waals surface area contributed by atoms with Crippen LogP contribution in [0.1, 0.15) is 18.1 Å². The molecule has 132 valence electrons. The molecule has 2 N–H and O–H groups in total. The molecule has 0 heterocycles. The Kier molecular flexibility index (Phi) is 6.16. The minimum atomic E-state index is -3.78. The zero-order valence-corrected chi connectivity index (χ0v) is 16.2. The molecule has 0 unspecified atom stereocenters. The molecule has 2 aromatic rings. The first-order valence-electron chi connectivity index (χ1n) is 7.46. The number of allylic oxidation sites excluding steroid dienone is 1. The molecule has 0 atom stereocenters. The number of carboxylic acid groups (broad SMARTS) is 1. The van der Waals surface area contributed by atoms with Gasteiger partial charge in [-0.05, 0) is 49.2 Å². The smallest absolute Gasteiger partial charge is 0.333 e. The summed E-state index contributed by atoms with van der Waals surface area (Å²) in [6.07, 6.45) is 0. The van der Waals surface area contributed by atoms with Gasteiger partial charge in [-0.2, -0.15) is 0 Å². The molecule has 0 aromatic heterocycles. The van der Waals surface area contributed by atoms with Crippen LogP contribution in [0, 0.1) is 6.92 Å². The zero-order valence-electron chi connectivity index (χ0n) is 13.8. The molecule has 25 heavy (non-hydrogen) atoms. The number of aryl methyl sites for hydroxylation is 1. The van der Waals surface area contributed by atoms with E-state index in [1.807, 2.05) is 6.92 Å². The number of carbonyl (C=O) groups is 1. The van der Waals surface area contributed by atoms with Gasteiger partial charge in [0.15, 0.2) is 0 Å². The highest BCUT2D eigenvalue weighted by Crippen LogP contribution is 2.21. The summed E-state index contributed by atoms with van der Waals surface area (Å²) in [6.45, 7) is 3.22. The Labute approximate surface area is 155 Å². The summed E-state index contributed by atoms with van der Waals surface area (Å²) in [6, 6.07) is 13.5. The zero-order chi connectivity index (χ0) is 18.6. The van der Waals surface area contributed by atoms with E-state index >= 15 is 0 Å². The fourth-order valence-electron chi connectivity index (χ4n) is 2.21. The summed E-state index contributed by atoms with van der Waals surface area (Å²) in [5, 5.41) is 9.46. The van der Waals surface area contributed by atoms with Gasteiger partial charge in [0.05, 0.1) is 10.5 Å². The number of benzene rings is 2. The van der Waals surface area contributed by atoms with E-state index in [0.717, 1.165) is 15.6 Å². The monoisotopic (exact) mass is 423 g/mol. The van der Waals surface area contributed by atoms with Gasteiger partial charge >= 0.3 is 5.97 Å². The quantitative estimate of drug-likeness (QED) is 0.695. The first-order valence-corrected chi connectivity index (χ1v) is 9.73. The Morgan fingerprint density at radius 3 is 2.16 bits per heavy atom. The van der Waals surface area contributed by atoms with E-state index in [4.69, 9.17) is 0 Å².